The Morgan fingerprint density at radius 2 is 2.06 bits per heavy atom. The van der Waals surface area contributed by atoms with Gasteiger partial charge in [-0.25, -0.2) is 0 Å². The standard InChI is InChI=1S/C10H7BrClF3O2/c11-7-1-2-9(17-10(13,14)15)6(3-7)4-8(16)5-12/h1-3H,4-5H2. The summed E-state index contributed by atoms with van der Waals surface area (Å²) in [5.41, 5.74) is 0.141. The van der Waals surface area contributed by atoms with E-state index in [0.717, 1.165) is 6.07 Å². The fraction of sp³-hybridized carbons (Fsp3) is 0.300. The molecule has 0 aromatic heterocycles. The van der Waals surface area contributed by atoms with Crippen molar-refractivity contribution in [3.05, 3.63) is 28.2 Å². The van der Waals surface area contributed by atoms with Crippen molar-refractivity contribution in [2.45, 2.75) is 12.8 Å². The minimum Gasteiger partial charge on any atom is -0.405 e. The third-order valence-corrected chi connectivity index (χ3v) is 2.58. The first-order valence-electron chi connectivity index (χ1n) is 4.43. The van der Waals surface area contributed by atoms with Crippen LogP contribution >= 0.6 is 27.5 Å². The topological polar surface area (TPSA) is 26.3 Å². The lowest BCUT2D eigenvalue weighted by molar-refractivity contribution is -0.274. The molecule has 0 fully saturated rings. The van der Waals surface area contributed by atoms with Crippen LogP contribution in [0.4, 0.5) is 13.2 Å². The molecular formula is C10H7BrClF3O2. The van der Waals surface area contributed by atoms with Gasteiger partial charge in [0, 0.05) is 16.5 Å². The Morgan fingerprint density at radius 3 is 2.59 bits per heavy atom. The fourth-order valence-electron chi connectivity index (χ4n) is 1.17. The Labute approximate surface area is 109 Å². The lowest BCUT2D eigenvalue weighted by Crippen LogP contribution is -2.18. The maximum absolute atomic E-state index is 12.1. The second kappa shape index (κ2) is 5.73. The Kier molecular flexibility index (Phi) is 4.82. The normalized spacial score (nSPS) is 11.4. The van der Waals surface area contributed by atoms with E-state index < -0.39 is 6.36 Å². The number of hydrogen-bond donors (Lipinski definition) is 0. The van der Waals surface area contributed by atoms with E-state index in [2.05, 4.69) is 20.7 Å². The number of benzene rings is 1. The molecular weight excluding hydrogens is 324 g/mol. The van der Waals surface area contributed by atoms with Crippen molar-refractivity contribution in [1.29, 1.82) is 0 Å². The van der Waals surface area contributed by atoms with E-state index in [1.807, 2.05) is 0 Å². The number of alkyl halides is 4. The predicted molar refractivity (Wildman–Crippen MR) is 60.3 cm³/mol. The Bertz CT molecular complexity index is 421. The first-order chi connectivity index (χ1) is 7.81. The van der Waals surface area contributed by atoms with Crippen molar-refractivity contribution in [3.8, 4) is 5.75 Å². The Morgan fingerprint density at radius 1 is 1.41 bits per heavy atom. The number of ketones is 1. The molecule has 1 aromatic rings. The summed E-state index contributed by atoms with van der Waals surface area (Å²) in [7, 11) is 0. The highest BCUT2D eigenvalue weighted by Gasteiger charge is 2.32. The SMILES string of the molecule is O=C(CCl)Cc1cc(Br)ccc1OC(F)(F)F. The van der Waals surface area contributed by atoms with Gasteiger partial charge in [0.1, 0.15) is 5.75 Å². The molecule has 0 atom stereocenters. The van der Waals surface area contributed by atoms with Gasteiger partial charge in [0.2, 0.25) is 0 Å². The number of carbonyl (C=O) groups is 1. The molecule has 0 spiro atoms. The van der Waals surface area contributed by atoms with Gasteiger partial charge in [0.25, 0.3) is 0 Å². The maximum Gasteiger partial charge on any atom is 0.573 e. The largest absolute Gasteiger partial charge is 0.573 e. The summed E-state index contributed by atoms with van der Waals surface area (Å²) in [6, 6.07) is 3.94. The molecule has 1 aromatic carbocycles. The van der Waals surface area contributed by atoms with E-state index >= 15 is 0 Å². The van der Waals surface area contributed by atoms with Gasteiger partial charge in [0.05, 0.1) is 5.88 Å². The number of hydrogen-bond acceptors (Lipinski definition) is 2. The number of Topliss-reactive ketones (excluding diaryl/α,β-unsaturated/α-hetero) is 1. The molecule has 0 bridgehead atoms. The summed E-state index contributed by atoms with van der Waals surface area (Å²) in [5, 5.41) is 0. The van der Waals surface area contributed by atoms with Crippen molar-refractivity contribution < 1.29 is 22.7 Å². The van der Waals surface area contributed by atoms with Gasteiger partial charge in [-0.1, -0.05) is 15.9 Å². The first-order valence-corrected chi connectivity index (χ1v) is 5.76. The summed E-state index contributed by atoms with van der Waals surface area (Å²) < 4.78 is 40.7. The fourth-order valence-corrected chi connectivity index (χ4v) is 1.67. The molecule has 0 aliphatic carbocycles. The second-order valence-corrected chi connectivity index (χ2v) is 4.33. The van der Waals surface area contributed by atoms with Gasteiger partial charge in [-0.3, -0.25) is 4.79 Å². The summed E-state index contributed by atoms with van der Waals surface area (Å²) in [6.07, 6.45) is -4.99. The Balaban J connectivity index is 2.99. The van der Waals surface area contributed by atoms with Crippen molar-refractivity contribution in [1.82, 2.24) is 0 Å². The summed E-state index contributed by atoms with van der Waals surface area (Å²) in [4.78, 5) is 11.1. The van der Waals surface area contributed by atoms with E-state index in [9.17, 15) is 18.0 Å². The molecule has 7 heteroatoms. The van der Waals surface area contributed by atoms with Crippen molar-refractivity contribution in [3.63, 3.8) is 0 Å². The van der Waals surface area contributed by atoms with Crippen LogP contribution in [0.15, 0.2) is 22.7 Å². The van der Waals surface area contributed by atoms with Crippen LogP contribution in [0.2, 0.25) is 0 Å². The van der Waals surface area contributed by atoms with Crippen LogP contribution in [-0.4, -0.2) is 18.0 Å². The lowest BCUT2D eigenvalue weighted by atomic mass is 10.1. The lowest BCUT2D eigenvalue weighted by Gasteiger charge is -2.13. The minimum atomic E-state index is -4.79. The molecule has 2 nitrogen and oxygen atoms in total. The first kappa shape index (κ1) is 14.3. The van der Waals surface area contributed by atoms with E-state index in [1.54, 1.807) is 0 Å². The van der Waals surface area contributed by atoms with Crippen molar-refractivity contribution >= 4 is 33.3 Å². The van der Waals surface area contributed by atoms with Crippen LogP contribution in [0.3, 0.4) is 0 Å². The van der Waals surface area contributed by atoms with Gasteiger partial charge in [-0.05, 0) is 18.2 Å². The molecule has 17 heavy (non-hydrogen) atoms. The van der Waals surface area contributed by atoms with Crippen molar-refractivity contribution in [2.24, 2.45) is 0 Å². The molecule has 0 heterocycles. The van der Waals surface area contributed by atoms with Gasteiger partial charge in [-0.15, -0.1) is 24.8 Å². The highest BCUT2D eigenvalue weighted by molar-refractivity contribution is 9.10. The highest BCUT2D eigenvalue weighted by Crippen LogP contribution is 2.29. The average molecular weight is 332 g/mol. The molecule has 0 saturated carbocycles. The second-order valence-electron chi connectivity index (χ2n) is 3.15. The summed E-state index contributed by atoms with van der Waals surface area (Å²) in [6.45, 7) is 0. The monoisotopic (exact) mass is 330 g/mol. The zero-order valence-corrected chi connectivity index (χ0v) is 10.7. The number of halogens is 5. The molecule has 0 aliphatic rings. The highest BCUT2D eigenvalue weighted by atomic mass is 79.9. The molecule has 1 rings (SSSR count). The third kappa shape index (κ3) is 4.95. The zero-order chi connectivity index (χ0) is 13.1. The van der Waals surface area contributed by atoms with Crippen LogP contribution < -0.4 is 4.74 Å². The van der Waals surface area contributed by atoms with Gasteiger partial charge in [0.15, 0.2) is 5.78 Å². The van der Waals surface area contributed by atoms with E-state index in [-0.39, 0.29) is 29.4 Å². The van der Waals surface area contributed by atoms with Gasteiger partial charge in [-0.2, -0.15) is 0 Å². The van der Waals surface area contributed by atoms with Crippen LogP contribution in [0.25, 0.3) is 0 Å². The van der Waals surface area contributed by atoms with Crippen LogP contribution in [0, 0.1) is 0 Å². The summed E-state index contributed by atoms with van der Waals surface area (Å²) in [5.74, 6) is -1.02. The smallest absolute Gasteiger partial charge is 0.405 e. The quantitative estimate of drug-likeness (QED) is 0.787. The molecule has 0 aliphatic heterocycles. The van der Waals surface area contributed by atoms with E-state index in [0.29, 0.717) is 4.47 Å². The Hall–Kier alpha value is -0.750. The van der Waals surface area contributed by atoms with Crippen molar-refractivity contribution in [2.75, 3.05) is 5.88 Å². The van der Waals surface area contributed by atoms with Crippen LogP contribution in [0.1, 0.15) is 5.56 Å². The molecule has 0 unspecified atom stereocenters. The number of ether oxygens (including phenoxy) is 1. The predicted octanol–water partition coefficient (Wildman–Crippen LogP) is 3.70. The molecule has 0 amide bonds. The van der Waals surface area contributed by atoms with Gasteiger partial charge < -0.3 is 4.74 Å². The van der Waals surface area contributed by atoms with Crippen LogP contribution in [-0.2, 0) is 11.2 Å². The van der Waals surface area contributed by atoms with E-state index in [4.69, 9.17) is 11.6 Å². The molecule has 0 radical (unpaired) electrons. The average Bonchev–Trinajstić information content (AvgIpc) is 2.20. The van der Waals surface area contributed by atoms with Gasteiger partial charge >= 0.3 is 6.36 Å². The zero-order valence-electron chi connectivity index (χ0n) is 8.35. The number of rotatable bonds is 4. The van der Waals surface area contributed by atoms with E-state index in [1.165, 1.54) is 12.1 Å². The third-order valence-electron chi connectivity index (χ3n) is 1.78. The summed E-state index contributed by atoms with van der Waals surface area (Å²) >= 11 is 8.41. The number of carbonyl (C=O) groups excluding carboxylic acids is 1. The molecule has 0 N–H and O–H groups in total. The molecule has 0 saturated heterocycles. The maximum atomic E-state index is 12.1. The molecule has 94 valence electrons. The minimum absolute atomic E-state index is 0.141. The van der Waals surface area contributed by atoms with Crippen LogP contribution in [0.5, 0.6) is 5.75 Å².